The van der Waals surface area contributed by atoms with Crippen LogP contribution in [-0.2, 0) is 0 Å². The molecular weight excluding hydrogens is 368 g/mol. The van der Waals surface area contributed by atoms with Gasteiger partial charge in [0, 0.05) is 18.8 Å². The molecule has 2 heterocycles. The first kappa shape index (κ1) is 20.4. The Morgan fingerprint density at radius 2 is 1.48 bits per heavy atom. The van der Waals surface area contributed by atoms with Crippen LogP contribution in [0.2, 0.25) is 10.1 Å². The Morgan fingerprint density at radius 1 is 0.828 bits per heavy atom. The second-order valence-electron chi connectivity index (χ2n) is 11.0. The summed E-state index contributed by atoms with van der Waals surface area (Å²) in [5.74, 6) is 0. The Labute approximate surface area is 177 Å². The Morgan fingerprint density at radius 3 is 2.10 bits per heavy atom. The molecule has 0 aliphatic carbocycles. The first-order valence-electron chi connectivity index (χ1n) is 11.1. The normalized spacial score (nSPS) is 18.6. The molecule has 2 aliphatic rings. The second kappa shape index (κ2) is 6.83. The van der Waals surface area contributed by atoms with E-state index >= 15 is 0 Å². The molecule has 2 nitrogen and oxygen atoms in total. The molecule has 0 amide bonds. The van der Waals surface area contributed by atoms with Gasteiger partial charge < -0.3 is 4.90 Å². The average Bonchev–Trinajstić information content (AvgIpc) is 2.64. The highest BCUT2D eigenvalue weighted by Crippen LogP contribution is 2.51. The van der Waals surface area contributed by atoms with Crippen LogP contribution in [0.4, 0.5) is 11.4 Å². The highest BCUT2D eigenvalue weighted by Gasteiger charge is 2.58. The average molecular weight is 405 g/mol. The smallest absolute Gasteiger partial charge is 0.134 e. The molecule has 0 spiro atoms. The van der Waals surface area contributed by atoms with Crippen molar-refractivity contribution in [1.29, 1.82) is 0 Å². The number of anilines is 1. The van der Waals surface area contributed by atoms with Crippen LogP contribution < -0.4 is 25.8 Å². The SMILES string of the molecule is C=c1ccc2c(c1)[Si](C(C)(C)C)(C(C)(C)C)c1cc(N3CCCCC3)ccc1N=2. The van der Waals surface area contributed by atoms with Crippen LogP contribution in [0.3, 0.4) is 0 Å². The lowest BCUT2D eigenvalue weighted by Gasteiger charge is -2.54. The van der Waals surface area contributed by atoms with Gasteiger partial charge in [-0.3, -0.25) is 0 Å². The second-order valence-corrected chi connectivity index (χ2v) is 16.5. The van der Waals surface area contributed by atoms with Crippen LogP contribution >= 0.6 is 0 Å². The predicted molar refractivity (Wildman–Crippen MR) is 129 cm³/mol. The minimum Gasteiger partial charge on any atom is -0.372 e. The van der Waals surface area contributed by atoms with E-state index < -0.39 is 8.07 Å². The zero-order valence-electron chi connectivity index (χ0n) is 19.1. The monoisotopic (exact) mass is 404 g/mol. The lowest BCUT2D eigenvalue weighted by molar-refractivity contribution is 0.578. The van der Waals surface area contributed by atoms with Crippen molar-refractivity contribution in [2.45, 2.75) is 70.9 Å². The van der Waals surface area contributed by atoms with E-state index in [1.807, 2.05) is 0 Å². The Bertz CT molecular complexity index is 1020. The largest absolute Gasteiger partial charge is 0.372 e. The minimum absolute atomic E-state index is 0.152. The van der Waals surface area contributed by atoms with Crippen molar-refractivity contribution in [2.75, 3.05) is 18.0 Å². The van der Waals surface area contributed by atoms with Gasteiger partial charge in [0.25, 0.3) is 0 Å². The standard InChI is InChI=1S/C26H36N2Si/c1-19-11-13-21-23(17-19)29(25(2,3)4,26(5,6)7)24-18-20(12-14-22(24)27-21)28-15-9-8-10-16-28/h11-14,17-18H,1,8-10,15-16H2,2-7H3. The van der Waals surface area contributed by atoms with Crippen molar-refractivity contribution in [3.05, 3.63) is 47.0 Å². The van der Waals surface area contributed by atoms with Crippen LogP contribution in [0.1, 0.15) is 60.8 Å². The molecule has 0 N–H and O–H groups in total. The van der Waals surface area contributed by atoms with E-state index in [4.69, 9.17) is 4.99 Å². The van der Waals surface area contributed by atoms with Gasteiger partial charge in [-0.25, -0.2) is 4.99 Å². The molecule has 1 fully saturated rings. The Balaban J connectivity index is 2.08. The van der Waals surface area contributed by atoms with Gasteiger partial charge in [-0.1, -0.05) is 60.3 Å². The van der Waals surface area contributed by atoms with Crippen molar-refractivity contribution >= 4 is 36.4 Å². The van der Waals surface area contributed by atoms with Gasteiger partial charge in [0.2, 0.25) is 0 Å². The van der Waals surface area contributed by atoms with Crippen LogP contribution in [0.15, 0.2) is 41.4 Å². The fraction of sp³-hybridized carbons (Fsp3) is 0.500. The molecule has 0 aromatic heterocycles. The lowest BCUT2D eigenvalue weighted by atomic mass is 10.1. The molecule has 2 aliphatic heterocycles. The van der Waals surface area contributed by atoms with Crippen molar-refractivity contribution in [1.82, 2.24) is 0 Å². The van der Waals surface area contributed by atoms with Crippen molar-refractivity contribution < 1.29 is 0 Å². The van der Waals surface area contributed by atoms with Crippen LogP contribution in [-0.4, -0.2) is 21.2 Å². The summed E-state index contributed by atoms with van der Waals surface area (Å²) in [5.41, 5.74) is 2.57. The molecule has 29 heavy (non-hydrogen) atoms. The molecule has 0 unspecified atom stereocenters. The molecule has 154 valence electrons. The van der Waals surface area contributed by atoms with Crippen molar-refractivity contribution in [2.24, 2.45) is 4.99 Å². The Kier molecular flexibility index (Phi) is 4.81. The highest BCUT2D eigenvalue weighted by molar-refractivity contribution is 7.07. The topological polar surface area (TPSA) is 15.6 Å². The van der Waals surface area contributed by atoms with E-state index in [-0.39, 0.29) is 10.1 Å². The zero-order valence-corrected chi connectivity index (χ0v) is 20.1. The fourth-order valence-electron chi connectivity index (χ4n) is 6.27. The summed E-state index contributed by atoms with van der Waals surface area (Å²) in [6.45, 7) is 21.3. The predicted octanol–water partition coefficient (Wildman–Crippen LogP) is 4.52. The van der Waals surface area contributed by atoms with E-state index in [1.165, 1.54) is 54.1 Å². The molecule has 0 saturated carbocycles. The van der Waals surface area contributed by atoms with Crippen molar-refractivity contribution in [3.8, 4) is 0 Å². The molecule has 4 rings (SSSR count). The molecule has 0 radical (unpaired) electrons. The van der Waals surface area contributed by atoms with Gasteiger partial charge in [0.1, 0.15) is 8.07 Å². The number of hydrogen-bond donors (Lipinski definition) is 0. The van der Waals surface area contributed by atoms with E-state index in [2.05, 4.69) is 89.4 Å². The fourth-order valence-corrected chi connectivity index (χ4v) is 13.9. The number of fused-ring (bicyclic) bond motifs is 2. The van der Waals surface area contributed by atoms with Gasteiger partial charge in [-0.05, 0) is 69.2 Å². The highest BCUT2D eigenvalue weighted by atomic mass is 28.3. The summed E-state index contributed by atoms with van der Waals surface area (Å²) in [6.07, 6.45) is 3.96. The number of hydrogen-bond acceptors (Lipinski definition) is 2. The molecule has 2 aromatic carbocycles. The summed E-state index contributed by atoms with van der Waals surface area (Å²) < 4.78 is 0. The molecule has 3 heteroatoms. The van der Waals surface area contributed by atoms with E-state index in [1.54, 1.807) is 0 Å². The molecule has 0 bridgehead atoms. The summed E-state index contributed by atoms with van der Waals surface area (Å²) in [5, 5.41) is 5.54. The van der Waals surface area contributed by atoms with Crippen LogP contribution in [0.25, 0.3) is 6.58 Å². The van der Waals surface area contributed by atoms with Gasteiger partial charge in [0.05, 0.1) is 11.0 Å². The first-order valence-corrected chi connectivity index (χ1v) is 13.1. The zero-order chi connectivity index (χ0) is 21.0. The maximum absolute atomic E-state index is 5.15. The quantitative estimate of drug-likeness (QED) is 0.638. The van der Waals surface area contributed by atoms with Crippen LogP contribution in [0.5, 0.6) is 0 Å². The molecular formula is C26H36N2Si. The number of rotatable bonds is 1. The minimum atomic E-state index is -2.21. The maximum Gasteiger partial charge on any atom is 0.134 e. The summed E-state index contributed by atoms with van der Waals surface area (Å²) in [7, 11) is -2.21. The third-order valence-corrected chi connectivity index (χ3v) is 14.0. The third kappa shape index (κ3) is 3.09. The number of benzene rings is 2. The summed E-state index contributed by atoms with van der Waals surface area (Å²) >= 11 is 0. The summed E-state index contributed by atoms with van der Waals surface area (Å²) in [4.78, 5) is 7.73. The van der Waals surface area contributed by atoms with E-state index in [9.17, 15) is 0 Å². The first-order chi connectivity index (χ1) is 13.6. The molecule has 2 aromatic rings. The molecule has 1 saturated heterocycles. The van der Waals surface area contributed by atoms with Gasteiger partial charge in [-0.2, -0.15) is 0 Å². The third-order valence-electron chi connectivity index (χ3n) is 7.06. The van der Waals surface area contributed by atoms with E-state index in [0.29, 0.717) is 0 Å². The Hall–Kier alpha value is -1.87. The lowest BCUT2D eigenvalue weighted by Crippen LogP contribution is -2.74. The van der Waals surface area contributed by atoms with Crippen molar-refractivity contribution in [3.63, 3.8) is 0 Å². The van der Waals surface area contributed by atoms with E-state index in [0.717, 1.165) is 10.6 Å². The van der Waals surface area contributed by atoms with Gasteiger partial charge in [0.15, 0.2) is 0 Å². The number of piperidine rings is 1. The van der Waals surface area contributed by atoms with Gasteiger partial charge >= 0.3 is 0 Å². The summed E-state index contributed by atoms with van der Waals surface area (Å²) in [6, 6.07) is 13.8. The van der Waals surface area contributed by atoms with Gasteiger partial charge in [-0.15, -0.1) is 0 Å². The molecule has 0 atom stereocenters. The number of nitrogens with zero attached hydrogens (tertiary/aromatic N) is 2. The van der Waals surface area contributed by atoms with Crippen LogP contribution in [0, 0.1) is 0 Å². The maximum atomic E-state index is 5.15.